The molecule has 16 heavy (non-hydrogen) atoms. The smallest absolute Gasteiger partial charge is 0.0585 e. The summed E-state index contributed by atoms with van der Waals surface area (Å²) in [4.78, 5) is 4.80. The molecular formula is C12H27N3O. The van der Waals surface area contributed by atoms with Crippen molar-refractivity contribution >= 4 is 0 Å². The summed E-state index contributed by atoms with van der Waals surface area (Å²) in [6, 6.07) is 0.244. The minimum Gasteiger partial charge on any atom is -0.395 e. The predicted octanol–water partition coefficient (Wildman–Crippen LogP) is -0.160. The quantitative estimate of drug-likeness (QED) is 0.636. The van der Waals surface area contributed by atoms with E-state index in [1.807, 2.05) is 7.05 Å². The van der Waals surface area contributed by atoms with Gasteiger partial charge in [0.2, 0.25) is 0 Å². The molecule has 0 aromatic heterocycles. The SMILES string of the molecule is CNC(CO)CCN(C)CC1CCN(C)C1. The van der Waals surface area contributed by atoms with Crippen LogP contribution in [0.3, 0.4) is 0 Å². The summed E-state index contributed by atoms with van der Waals surface area (Å²) in [5, 5.41) is 12.2. The zero-order valence-corrected chi connectivity index (χ0v) is 10.9. The van der Waals surface area contributed by atoms with E-state index in [1.54, 1.807) is 0 Å². The Hall–Kier alpha value is -0.160. The molecule has 4 nitrogen and oxygen atoms in total. The van der Waals surface area contributed by atoms with Crippen molar-refractivity contribution in [3.05, 3.63) is 0 Å². The third-order valence-electron chi connectivity index (χ3n) is 3.55. The molecule has 1 aliphatic heterocycles. The molecule has 0 spiro atoms. The van der Waals surface area contributed by atoms with Gasteiger partial charge in [0, 0.05) is 19.1 Å². The molecule has 0 aromatic carbocycles. The molecule has 1 fully saturated rings. The highest BCUT2D eigenvalue weighted by Crippen LogP contribution is 2.15. The van der Waals surface area contributed by atoms with Crippen LogP contribution in [-0.2, 0) is 0 Å². The van der Waals surface area contributed by atoms with E-state index in [0.29, 0.717) is 0 Å². The normalized spacial score (nSPS) is 24.2. The predicted molar refractivity (Wildman–Crippen MR) is 67.7 cm³/mol. The molecule has 0 aliphatic carbocycles. The van der Waals surface area contributed by atoms with Crippen LogP contribution in [0.25, 0.3) is 0 Å². The highest BCUT2D eigenvalue weighted by Gasteiger charge is 2.20. The monoisotopic (exact) mass is 229 g/mol. The minimum atomic E-state index is 0.233. The molecule has 2 N–H and O–H groups in total. The Morgan fingerprint density at radius 1 is 1.56 bits per heavy atom. The van der Waals surface area contributed by atoms with Crippen molar-refractivity contribution in [3.8, 4) is 0 Å². The first-order valence-corrected chi connectivity index (χ1v) is 6.31. The van der Waals surface area contributed by atoms with Crippen molar-refractivity contribution in [2.45, 2.75) is 18.9 Å². The van der Waals surface area contributed by atoms with Crippen LogP contribution >= 0.6 is 0 Å². The Labute approximate surface area is 99.6 Å². The number of likely N-dealkylation sites (tertiary alicyclic amines) is 1. The molecule has 2 unspecified atom stereocenters. The molecule has 0 saturated carbocycles. The largest absolute Gasteiger partial charge is 0.395 e. The topological polar surface area (TPSA) is 38.7 Å². The minimum absolute atomic E-state index is 0.233. The van der Waals surface area contributed by atoms with Crippen molar-refractivity contribution in [2.24, 2.45) is 5.92 Å². The summed E-state index contributed by atoms with van der Waals surface area (Å²) in [7, 11) is 6.29. The van der Waals surface area contributed by atoms with Crippen molar-refractivity contribution in [3.63, 3.8) is 0 Å². The summed E-state index contributed by atoms with van der Waals surface area (Å²) >= 11 is 0. The van der Waals surface area contributed by atoms with Gasteiger partial charge in [-0.15, -0.1) is 0 Å². The molecule has 1 heterocycles. The van der Waals surface area contributed by atoms with E-state index < -0.39 is 0 Å². The average molecular weight is 229 g/mol. The van der Waals surface area contributed by atoms with Gasteiger partial charge in [-0.05, 0) is 53.0 Å². The van der Waals surface area contributed by atoms with Gasteiger partial charge in [0.15, 0.2) is 0 Å². The second-order valence-corrected chi connectivity index (χ2v) is 5.14. The number of nitrogens with zero attached hydrogens (tertiary/aromatic N) is 2. The van der Waals surface area contributed by atoms with E-state index >= 15 is 0 Å². The van der Waals surface area contributed by atoms with Gasteiger partial charge in [0.05, 0.1) is 6.61 Å². The molecule has 96 valence electrons. The van der Waals surface area contributed by atoms with Crippen LogP contribution in [0.1, 0.15) is 12.8 Å². The maximum absolute atomic E-state index is 9.07. The second-order valence-electron chi connectivity index (χ2n) is 5.14. The highest BCUT2D eigenvalue weighted by molar-refractivity contribution is 4.76. The Morgan fingerprint density at radius 3 is 2.81 bits per heavy atom. The molecule has 4 heteroatoms. The first-order valence-electron chi connectivity index (χ1n) is 6.31. The van der Waals surface area contributed by atoms with Crippen molar-refractivity contribution in [2.75, 3.05) is 53.9 Å². The van der Waals surface area contributed by atoms with E-state index in [1.165, 1.54) is 26.1 Å². The summed E-state index contributed by atoms with van der Waals surface area (Å²) in [6.45, 7) is 4.96. The zero-order chi connectivity index (χ0) is 12.0. The van der Waals surface area contributed by atoms with E-state index in [-0.39, 0.29) is 12.6 Å². The van der Waals surface area contributed by atoms with E-state index in [9.17, 15) is 0 Å². The van der Waals surface area contributed by atoms with Gasteiger partial charge < -0.3 is 20.2 Å². The van der Waals surface area contributed by atoms with E-state index in [4.69, 9.17) is 5.11 Å². The van der Waals surface area contributed by atoms with Gasteiger partial charge in [-0.3, -0.25) is 0 Å². The third-order valence-corrected chi connectivity index (χ3v) is 3.55. The Kier molecular flexibility index (Phi) is 6.28. The molecule has 0 bridgehead atoms. The van der Waals surface area contributed by atoms with Crippen molar-refractivity contribution < 1.29 is 5.11 Å². The lowest BCUT2D eigenvalue weighted by atomic mass is 10.1. The van der Waals surface area contributed by atoms with Crippen molar-refractivity contribution in [1.82, 2.24) is 15.1 Å². The average Bonchev–Trinajstić information content (AvgIpc) is 2.65. The lowest BCUT2D eigenvalue weighted by Crippen LogP contribution is -2.35. The number of nitrogens with one attached hydrogen (secondary N) is 1. The molecule has 0 amide bonds. The Morgan fingerprint density at radius 2 is 2.31 bits per heavy atom. The molecular weight excluding hydrogens is 202 g/mol. The lowest BCUT2D eigenvalue weighted by molar-refractivity contribution is 0.213. The number of aliphatic hydroxyl groups excluding tert-OH is 1. The van der Waals surface area contributed by atoms with Gasteiger partial charge >= 0.3 is 0 Å². The Bertz CT molecular complexity index is 185. The van der Waals surface area contributed by atoms with Gasteiger partial charge in [-0.25, -0.2) is 0 Å². The maximum atomic E-state index is 9.07. The lowest BCUT2D eigenvalue weighted by Gasteiger charge is -2.23. The molecule has 0 radical (unpaired) electrons. The van der Waals surface area contributed by atoms with E-state index in [2.05, 4.69) is 29.2 Å². The molecule has 1 saturated heterocycles. The maximum Gasteiger partial charge on any atom is 0.0585 e. The summed E-state index contributed by atoms with van der Waals surface area (Å²) in [6.07, 6.45) is 2.35. The van der Waals surface area contributed by atoms with Crippen LogP contribution in [0.15, 0.2) is 0 Å². The standard InChI is InChI=1S/C12H27N3O/c1-13-12(10-16)5-7-15(3)9-11-4-6-14(2)8-11/h11-13,16H,4-10H2,1-3H3. The van der Waals surface area contributed by atoms with Gasteiger partial charge in [-0.1, -0.05) is 0 Å². The van der Waals surface area contributed by atoms with Crippen LogP contribution in [-0.4, -0.2) is 74.9 Å². The van der Waals surface area contributed by atoms with Gasteiger partial charge in [-0.2, -0.15) is 0 Å². The second kappa shape index (κ2) is 7.22. The number of hydrogen-bond acceptors (Lipinski definition) is 4. The Balaban J connectivity index is 2.13. The zero-order valence-electron chi connectivity index (χ0n) is 10.9. The van der Waals surface area contributed by atoms with Crippen LogP contribution in [0.4, 0.5) is 0 Å². The van der Waals surface area contributed by atoms with Crippen LogP contribution in [0.2, 0.25) is 0 Å². The van der Waals surface area contributed by atoms with Crippen LogP contribution < -0.4 is 5.32 Å². The van der Waals surface area contributed by atoms with Crippen LogP contribution in [0.5, 0.6) is 0 Å². The fourth-order valence-electron chi connectivity index (χ4n) is 2.41. The summed E-state index contributed by atoms with van der Waals surface area (Å²) < 4.78 is 0. The number of aliphatic hydroxyl groups is 1. The van der Waals surface area contributed by atoms with Gasteiger partial charge in [0.1, 0.15) is 0 Å². The number of likely N-dealkylation sites (N-methyl/N-ethyl adjacent to an activating group) is 1. The summed E-state index contributed by atoms with van der Waals surface area (Å²) in [5.41, 5.74) is 0. The third kappa shape index (κ3) is 4.78. The molecule has 2 atom stereocenters. The van der Waals surface area contributed by atoms with Gasteiger partial charge in [0.25, 0.3) is 0 Å². The summed E-state index contributed by atoms with van der Waals surface area (Å²) in [5.74, 6) is 0.831. The van der Waals surface area contributed by atoms with Crippen molar-refractivity contribution in [1.29, 1.82) is 0 Å². The molecule has 0 aromatic rings. The van der Waals surface area contributed by atoms with Crippen LogP contribution in [0, 0.1) is 5.92 Å². The molecule has 1 aliphatic rings. The van der Waals surface area contributed by atoms with E-state index in [0.717, 1.165) is 18.9 Å². The first kappa shape index (κ1) is 13.9. The number of rotatable bonds is 7. The fourth-order valence-corrected chi connectivity index (χ4v) is 2.41. The fraction of sp³-hybridized carbons (Fsp3) is 1.00. The first-order chi connectivity index (χ1) is 7.65. The molecule has 1 rings (SSSR count). The number of hydrogen-bond donors (Lipinski definition) is 2. The highest BCUT2D eigenvalue weighted by atomic mass is 16.3.